The quantitative estimate of drug-likeness (QED) is 0.0167. The number of fused-ring (bicyclic) bond motifs is 3. The molecule has 2 fully saturated rings. The molecule has 0 bridgehead atoms. The van der Waals surface area contributed by atoms with E-state index in [0.717, 1.165) is 60.7 Å². The molecule has 3 aliphatic rings. The third-order valence-electron chi connectivity index (χ3n) is 20.4. The minimum Gasteiger partial charge on any atom is -0.467 e. The second kappa shape index (κ2) is 38.6. The van der Waals surface area contributed by atoms with E-state index in [1.807, 2.05) is 147 Å². The summed E-state index contributed by atoms with van der Waals surface area (Å²) in [6.45, 7) is 16.8. The molecule has 1 aromatic heterocycles. The third-order valence-corrected chi connectivity index (χ3v) is 21.3. The Hall–Kier alpha value is -9.35. The Labute approximate surface area is 636 Å². The van der Waals surface area contributed by atoms with Gasteiger partial charge in [-0.25, -0.2) is 14.6 Å². The Kier molecular flexibility index (Phi) is 30.2. The number of benzene rings is 4. The Bertz CT molecular complexity index is 3890. The van der Waals surface area contributed by atoms with Crippen LogP contribution in [0.2, 0.25) is 0 Å². The predicted octanol–water partition coefficient (Wildman–Crippen LogP) is 8.84. The van der Waals surface area contributed by atoms with E-state index in [1.54, 1.807) is 42.3 Å². The number of carbonyl (C=O) groups is 10. The Morgan fingerprint density at radius 3 is 1.95 bits per heavy atom. The van der Waals surface area contributed by atoms with Crippen molar-refractivity contribution < 1.29 is 95.1 Å². The van der Waals surface area contributed by atoms with Gasteiger partial charge >= 0.3 is 30.0 Å². The molecule has 6 amide bonds. The average molecular weight is 1520 g/mol. The summed E-state index contributed by atoms with van der Waals surface area (Å²) in [5.41, 5.74) is 5.73. The van der Waals surface area contributed by atoms with Gasteiger partial charge in [0, 0.05) is 90.5 Å². The molecule has 8 rings (SSSR count). The molecule has 2 aliphatic heterocycles. The Morgan fingerprint density at radius 2 is 1.37 bits per heavy atom. The van der Waals surface area contributed by atoms with Gasteiger partial charge in [0.15, 0.2) is 24.4 Å². The van der Waals surface area contributed by atoms with Crippen LogP contribution >= 0.6 is 11.3 Å². The number of nitrogens with one attached hydrogen (secondary N) is 4. The number of ether oxygens (including phenoxy) is 9. The summed E-state index contributed by atoms with van der Waals surface area (Å²) in [5.74, 6) is -7.67. The van der Waals surface area contributed by atoms with E-state index < -0.39 is 127 Å². The van der Waals surface area contributed by atoms with Crippen molar-refractivity contribution in [2.75, 3.05) is 67.5 Å². The zero-order valence-corrected chi connectivity index (χ0v) is 65.5. The minimum atomic E-state index is -1.82. The van der Waals surface area contributed by atoms with Crippen molar-refractivity contribution in [1.82, 2.24) is 30.7 Å². The van der Waals surface area contributed by atoms with Gasteiger partial charge in [-0.3, -0.25) is 38.4 Å². The van der Waals surface area contributed by atoms with Crippen molar-refractivity contribution in [2.45, 2.75) is 193 Å². The lowest BCUT2D eigenvalue weighted by atomic mass is 9.89. The highest BCUT2D eigenvalue weighted by molar-refractivity contribution is 7.09. The van der Waals surface area contributed by atoms with Crippen LogP contribution in [0.25, 0.3) is 11.1 Å². The molecule has 0 saturated carbocycles. The number of thiazole rings is 1. The summed E-state index contributed by atoms with van der Waals surface area (Å²) in [5, 5.41) is 14.5. The summed E-state index contributed by atoms with van der Waals surface area (Å²) < 4.78 is 52.3. The van der Waals surface area contributed by atoms with Crippen molar-refractivity contribution in [3.8, 4) is 16.9 Å². The smallest absolute Gasteiger partial charge is 0.407 e. The summed E-state index contributed by atoms with van der Waals surface area (Å²) in [6.07, 6.45) is -7.18. The number of nitrogens with zero attached hydrogens (tertiary/aromatic N) is 4. The number of likely N-dealkylation sites (N-methyl/N-ethyl adjacent to an activating group) is 2. The minimum absolute atomic E-state index is 0.000686. The first-order chi connectivity index (χ1) is 51.4. The van der Waals surface area contributed by atoms with E-state index in [0.29, 0.717) is 37.8 Å². The van der Waals surface area contributed by atoms with Crippen molar-refractivity contribution in [3.63, 3.8) is 0 Å². The Balaban J connectivity index is 0.998. The molecular formula is C80H107N8O19S+. The molecule has 586 valence electrons. The van der Waals surface area contributed by atoms with Crippen molar-refractivity contribution in [3.05, 3.63) is 136 Å². The molecule has 2 saturated heterocycles. The van der Waals surface area contributed by atoms with Gasteiger partial charge in [-0.2, -0.15) is 0 Å². The van der Waals surface area contributed by atoms with Gasteiger partial charge in [-0.1, -0.05) is 134 Å². The number of hydrogen-bond acceptors (Lipinski definition) is 21. The maximum Gasteiger partial charge on any atom is 0.407 e. The first kappa shape index (κ1) is 84.3. The van der Waals surface area contributed by atoms with Crippen LogP contribution in [0.1, 0.15) is 141 Å². The fourth-order valence-electron chi connectivity index (χ4n) is 15.3. The van der Waals surface area contributed by atoms with E-state index in [2.05, 4.69) is 26.3 Å². The monoisotopic (exact) mass is 1520 g/mol. The zero-order valence-electron chi connectivity index (χ0n) is 64.7. The second-order valence-corrected chi connectivity index (χ2v) is 30.2. The highest BCUT2D eigenvalue weighted by Crippen LogP contribution is 2.45. The molecule has 14 atom stereocenters. The van der Waals surface area contributed by atoms with E-state index in [9.17, 15) is 38.4 Å². The molecule has 4 N–H and O–H groups in total. The molecule has 1 aliphatic carbocycles. The highest BCUT2D eigenvalue weighted by atomic mass is 32.1. The van der Waals surface area contributed by atoms with Gasteiger partial charge in [0.2, 0.25) is 36.0 Å². The molecule has 0 radical (unpaired) electrons. The van der Waals surface area contributed by atoms with E-state index in [1.165, 1.54) is 24.5 Å². The van der Waals surface area contributed by atoms with Crippen LogP contribution < -0.4 is 26.0 Å². The second-order valence-electron chi connectivity index (χ2n) is 29.2. The van der Waals surface area contributed by atoms with Crippen LogP contribution in [0.5, 0.6) is 5.75 Å². The van der Waals surface area contributed by atoms with Gasteiger partial charge in [0.05, 0.1) is 69.6 Å². The van der Waals surface area contributed by atoms with Crippen LogP contribution in [0.15, 0.2) is 109 Å². The molecule has 108 heavy (non-hydrogen) atoms. The lowest BCUT2D eigenvalue weighted by Crippen LogP contribution is -2.64. The molecule has 4 aromatic carbocycles. The standard InChI is InChI=1S/C80H106N8O19S/c1-17-47(6)67(63(99-14)42-65(93)87-38-25-32-61(87)69(100-15)48(7)74(94)84-60(76-81-37-39-108-76)40-52-26-19-18-20-27-52)86(11)77(96)66(45(2)3)85-75(95)68(46(4)5)88(12,13)43-53-33-34-62(106-79-73(105-51(10)91)71(104-50(9)90)70(103-49(8)89)72(107-79)78(97)101-16)59(41-53)83-64(92)35-36-82-80(98)102-44-58-56-30-23-21-28-54(56)55-29-22-24-31-57(55)58/h18-24,26-31,33-34,37,39,41,45-48,58,60-61,63,66-73,79H,17,25,32,35-36,38,40,42-44H2,1-16H3,(H3-,82,83,84,85,92,94,95,98)/p+1/t47-,48+,60-,61-,63-,66-,67-,68-,69+,70-,71+,72-,73-,79+/m0/s1. The Morgan fingerprint density at radius 1 is 0.741 bits per heavy atom. The van der Waals surface area contributed by atoms with Crippen LogP contribution in [0.4, 0.5) is 10.5 Å². The van der Waals surface area contributed by atoms with Gasteiger partial charge in [-0.15, -0.1) is 11.3 Å². The molecule has 27 nitrogen and oxygen atoms in total. The molecule has 5 aromatic rings. The number of aromatic nitrogens is 1. The third kappa shape index (κ3) is 21.1. The van der Waals surface area contributed by atoms with Crippen molar-refractivity contribution in [1.29, 1.82) is 0 Å². The van der Waals surface area contributed by atoms with Gasteiger partial charge in [0.1, 0.15) is 30.0 Å². The number of rotatable bonds is 35. The van der Waals surface area contributed by atoms with Crippen molar-refractivity contribution >= 4 is 76.5 Å². The van der Waals surface area contributed by atoms with Crippen LogP contribution in [-0.4, -0.2) is 208 Å². The number of methoxy groups -OCH3 is 3. The van der Waals surface area contributed by atoms with Crippen LogP contribution in [-0.2, 0) is 94.0 Å². The summed E-state index contributed by atoms with van der Waals surface area (Å²) in [7, 11) is 9.50. The average Bonchev–Trinajstić information content (AvgIpc) is 1.46. The topological polar surface area (TPSA) is 321 Å². The number of esters is 4. The van der Waals surface area contributed by atoms with Gasteiger partial charge < -0.3 is 78.2 Å². The number of carbonyl (C=O) groups excluding carboxylic acids is 10. The van der Waals surface area contributed by atoms with Gasteiger partial charge in [-0.05, 0) is 77.1 Å². The molecule has 3 heterocycles. The largest absolute Gasteiger partial charge is 0.467 e. The van der Waals surface area contributed by atoms with E-state index in [4.69, 9.17) is 42.6 Å². The number of quaternary nitrogens is 1. The van der Waals surface area contributed by atoms with E-state index in [-0.39, 0.29) is 84.1 Å². The number of amides is 6. The summed E-state index contributed by atoms with van der Waals surface area (Å²) in [4.78, 5) is 147. The number of likely N-dealkylation sites (tertiary alicyclic amines) is 1. The fraction of sp³-hybridized carbons (Fsp3) is 0.537. The number of alkyl carbamates (subject to hydrolysis) is 1. The molecule has 0 unspecified atom stereocenters. The number of hydrogen-bond donors (Lipinski definition) is 4. The summed E-state index contributed by atoms with van der Waals surface area (Å²) >= 11 is 1.46. The maximum absolute atomic E-state index is 15.3. The first-order valence-corrected chi connectivity index (χ1v) is 37.7. The highest BCUT2D eigenvalue weighted by Gasteiger charge is 2.56. The SMILES string of the molecule is CC[C@H](C)[C@@H]([C@H](CC(=O)N1CCC[C@H]1[C@H](OC)[C@@H](C)C(=O)N[C@@H](Cc1ccccc1)c1nccs1)OC)N(C)C(=O)[C@@H](NC(=O)[C@H](C(C)C)[N+](C)(C)Cc1ccc(O[C@@H]2O[C@H](C(=O)OC)[C@@H](OC(C)=O)[C@@H](OC(C)=O)[C@@H]2OC(C)=O)c(NC(=O)CCNC(=O)OCC2c3ccccc3-c3ccccc32)c1)C(C)C. The zero-order chi connectivity index (χ0) is 78.8. The van der Waals surface area contributed by atoms with Crippen molar-refractivity contribution in [2.24, 2.45) is 23.7 Å². The molecular weight excluding hydrogens is 1410 g/mol. The summed E-state index contributed by atoms with van der Waals surface area (Å²) in [6, 6.07) is 27.0. The van der Waals surface area contributed by atoms with Gasteiger partial charge in [0.25, 0.3) is 5.91 Å². The first-order valence-electron chi connectivity index (χ1n) is 36.8. The van der Waals surface area contributed by atoms with Crippen LogP contribution in [0, 0.1) is 23.7 Å². The lowest BCUT2D eigenvalue weighted by Gasteiger charge is -2.43. The predicted molar refractivity (Wildman–Crippen MR) is 401 cm³/mol. The fourth-order valence-corrected chi connectivity index (χ4v) is 16.0. The maximum atomic E-state index is 15.3. The van der Waals surface area contributed by atoms with Crippen LogP contribution in [0.3, 0.4) is 0 Å². The number of anilines is 1. The molecule has 28 heteroatoms. The lowest BCUT2D eigenvalue weighted by molar-refractivity contribution is -0.922. The van der Waals surface area contributed by atoms with E-state index >= 15 is 9.59 Å². The normalized spacial score (nSPS) is 19.9. The molecule has 0 spiro atoms.